The Balaban J connectivity index is 1.73. The van der Waals surface area contributed by atoms with Gasteiger partial charge in [0.25, 0.3) is 5.56 Å². The zero-order valence-electron chi connectivity index (χ0n) is 17.8. The third-order valence-electron chi connectivity index (χ3n) is 5.12. The van der Waals surface area contributed by atoms with Gasteiger partial charge < -0.3 is 10.1 Å². The largest absolute Gasteiger partial charge is 0.495 e. The van der Waals surface area contributed by atoms with Crippen molar-refractivity contribution in [2.75, 3.05) is 12.4 Å². The first kappa shape index (κ1) is 20.3. The fourth-order valence-corrected chi connectivity index (χ4v) is 3.63. The summed E-state index contributed by atoms with van der Waals surface area (Å²) in [5, 5.41) is 12.2. The van der Waals surface area contributed by atoms with E-state index in [-0.39, 0.29) is 18.0 Å². The van der Waals surface area contributed by atoms with Gasteiger partial charge in [0.1, 0.15) is 17.8 Å². The summed E-state index contributed by atoms with van der Waals surface area (Å²) in [6, 6.07) is 13.0. The summed E-state index contributed by atoms with van der Waals surface area (Å²) in [5.74, 6) is 0.158. The van der Waals surface area contributed by atoms with Crippen molar-refractivity contribution < 1.29 is 9.53 Å². The molecular weight excluding hydrogens is 394 g/mol. The molecular formula is C23H23N5O3. The molecule has 0 spiro atoms. The highest BCUT2D eigenvalue weighted by Gasteiger charge is 2.18. The van der Waals surface area contributed by atoms with Crippen LogP contribution in [0.4, 0.5) is 5.69 Å². The number of amides is 1. The third kappa shape index (κ3) is 3.79. The molecule has 8 heteroatoms. The Morgan fingerprint density at radius 1 is 1.13 bits per heavy atom. The maximum Gasteiger partial charge on any atom is 0.293 e. The number of methoxy groups -OCH3 is 1. The number of hydrogen-bond acceptors (Lipinski definition) is 5. The van der Waals surface area contributed by atoms with Crippen LogP contribution in [0, 0.1) is 20.8 Å². The molecule has 0 radical (unpaired) electrons. The van der Waals surface area contributed by atoms with Crippen molar-refractivity contribution in [3.63, 3.8) is 0 Å². The van der Waals surface area contributed by atoms with E-state index in [9.17, 15) is 9.59 Å². The van der Waals surface area contributed by atoms with Crippen molar-refractivity contribution in [1.82, 2.24) is 19.6 Å². The highest BCUT2D eigenvalue weighted by atomic mass is 16.5. The van der Waals surface area contributed by atoms with Gasteiger partial charge in [0, 0.05) is 5.39 Å². The third-order valence-corrected chi connectivity index (χ3v) is 5.12. The van der Waals surface area contributed by atoms with Crippen LogP contribution in [0.1, 0.15) is 16.8 Å². The van der Waals surface area contributed by atoms with E-state index in [0.717, 1.165) is 16.8 Å². The standard InChI is InChI=1S/C23H23N5O3/c1-14-9-10-19(15(2)11-14)28-22-17(12-24-28)16(3)26-27(23(22)30)13-21(29)25-18-7-5-6-8-20(18)31-4/h5-12H,13H2,1-4H3,(H,25,29). The highest BCUT2D eigenvalue weighted by Crippen LogP contribution is 2.23. The summed E-state index contributed by atoms with van der Waals surface area (Å²) >= 11 is 0. The van der Waals surface area contributed by atoms with Gasteiger partial charge in [-0.05, 0) is 44.5 Å². The van der Waals surface area contributed by atoms with Crippen LogP contribution in [0.3, 0.4) is 0 Å². The van der Waals surface area contributed by atoms with Crippen LogP contribution in [0.2, 0.25) is 0 Å². The topological polar surface area (TPSA) is 91.0 Å². The zero-order chi connectivity index (χ0) is 22.1. The van der Waals surface area contributed by atoms with Crippen molar-refractivity contribution >= 4 is 22.5 Å². The lowest BCUT2D eigenvalue weighted by Gasteiger charge is -2.12. The highest BCUT2D eigenvalue weighted by molar-refractivity contribution is 5.92. The van der Waals surface area contributed by atoms with E-state index in [1.54, 1.807) is 36.0 Å². The maximum absolute atomic E-state index is 13.3. The van der Waals surface area contributed by atoms with Crippen LogP contribution >= 0.6 is 0 Å². The predicted molar refractivity (Wildman–Crippen MR) is 119 cm³/mol. The van der Waals surface area contributed by atoms with Gasteiger partial charge in [0.2, 0.25) is 5.91 Å². The lowest BCUT2D eigenvalue weighted by atomic mass is 10.1. The summed E-state index contributed by atoms with van der Waals surface area (Å²) in [4.78, 5) is 25.9. The molecule has 0 aliphatic rings. The van der Waals surface area contributed by atoms with E-state index in [1.807, 2.05) is 38.1 Å². The number of rotatable bonds is 5. The Morgan fingerprint density at radius 3 is 2.65 bits per heavy atom. The number of aromatic nitrogens is 4. The zero-order valence-corrected chi connectivity index (χ0v) is 17.8. The van der Waals surface area contributed by atoms with Crippen LogP contribution in [-0.4, -0.2) is 32.6 Å². The van der Waals surface area contributed by atoms with E-state index < -0.39 is 0 Å². The number of nitrogens with zero attached hydrogens (tertiary/aromatic N) is 4. The average molecular weight is 417 g/mol. The number of para-hydroxylation sites is 2. The molecule has 1 amide bonds. The minimum atomic E-state index is -0.381. The Hall–Kier alpha value is -3.94. The minimum Gasteiger partial charge on any atom is -0.495 e. The molecule has 0 atom stereocenters. The molecule has 2 aromatic carbocycles. The smallest absolute Gasteiger partial charge is 0.293 e. The van der Waals surface area contributed by atoms with E-state index in [2.05, 4.69) is 15.5 Å². The summed E-state index contributed by atoms with van der Waals surface area (Å²) in [7, 11) is 1.53. The molecule has 158 valence electrons. The number of carbonyl (C=O) groups excluding carboxylic acids is 1. The fraction of sp³-hybridized carbons (Fsp3) is 0.217. The molecule has 2 heterocycles. The van der Waals surface area contributed by atoms with Crippen LogP contribution in [0.25, 0.3) is 16.6 Å². The molecule has 0 saturated carbocycles. The second kappa shape index (κ2) is 8.06. The molecule has 0 saturated heterocycles. The van der Waals surface area contributed by atoms with Gasteiger partial charge in [0.15, 0.2) is 0 Å². The van der Waals surface area contributed by atoms with Gasteiger partial charge >= 0.3 is 0 Å². The molecule has 0 bridgehead atoms. The van der Waals surface area contributed by atoms with Crippen LogP contribution < -0.4 is 15.6 Å². The van der Waals surface area contributed by atoms with Gasteiger partial charge in [-0.2, -0.15) is 10.2 Å². The second-order valence-corrected chi connectivity index (χ2v) is 7.41. The molecule has 0 fully saturated rings. The number of anilines is 1. The van der Waals surface area contributed by atoms with E-state index in [1.165, 1.54) is 11.8 Å². The van der Waals surface area contributed by atoms with Crippen LogP contribution in [0.5, 0.6) is 5.75 Å². The first-order chi connectivity index (χ1) is 14.9. The molecule has 1 N–H and O–H groups in total. The van der Waals surface area contributed by atoms with Gasteiger partial charge in [-0.1, -0.05) is 29.8 Å². The van der Waals surface area contributed by atoms with Crippen LogP contribution in [-0.2, 0) is 11.3 Å². The Labute approximate surface area is 179 Å². The number of carbonyl (C=O) groups is 1. The normalized spacial score (nSPS) is 11.0. The van der Waals surface area contributed by atoms with Gasteiger partial charge in [0.05, 0.1) is 30.4 Å². The number of nitrogens with one attached hydrogen (secondary N) is 1. The molecule has 4 aromatic rings. The first-order valence-electron chi connectivity index (χ1n) is 9.85. The summed E-state index contributed by atoms with van der Waals surface area (Å²) in [6.07, 6.45) is 1.64. The molecule has 31 heavy (non-hydrogen) atoms. The molecule has 0 aliphatic heterocycles. The Bertz CT molecular complexity index is 1350. The molecule has 2 aromatic heterocycles. The number of aryl methyl sites for hydroxylation is 3. The van der Waals surface area contributed by atoms with E-state index in [0.29, 0.717) is 28.0 Å². The molecule has 8 nitrogen and oxygen atoms in total. The van der Waals surface area contributed by atoms with Crippen molar-refractivity contribution in [3.8, 4) is 11.4 Å². The quantitative estimate of drug-likeness (QED) is 0.539. The van der Waals surface area contributed by atoms with Crippen molar-refractivity contribution in [2.24, 2.45) is 0 Å². The second-order valence-electron chi connectivity index (χ2n) is 7.41. The Kier molecular flexibility index (Phi) is 5.29. The van der Waals surface area contributed by atoms with Crippen molar-refractivity contribution in [1.29, 1.82) is 0 Å². The van der Waals surface area contributed by atoms with Crippen molar-refractivity contribution in [3.05, 3.63) is 75.8 Å². The monoisotopic (exact) mass is 417 g/mol. The fourth-order valence-electron chi connectivity index (χ4n) is 3.63. The number of fused-ring (bicyclic) bond motifs is 1. The number of hydrogen-bond donors (Lipinski definition) is 1. The SMILES string of the molecule is COc1ccccc1NC(=O)Cn1nc(C)c2cnn(-c3ccc(C)cc3C)c2c1=O. The van der Waals surface area contributed by atoms with E-state index >= 15 is 0 Å². The molecule has 0 unspecified atom stereocenters. The predicted octanol–water partition coefficient (Wildman–Crippen LogP) is 3.15. The first-order valence-corrected chi connectivity index (χ1v) is 9.85. The molecule has 0 aliphatic carbocycles. The van der Waals surface area contributed by atoms with Crippen LogP contribution in [0.15, 0.2) is 53.5 Å². The Morgan fingerprint density at radius 2 is 1.90 bits per heavy atom. The maximum atomic E-state index is 13.3. The number of ether oxygens (including phenoxy) is 1. The summed E-state index contributed by atoms with van der Waals surface area (Å²) in [5.41, 5.74) is 4.10. The van der Waals surface area contributed by atoms with E-state index in [4.69, 9.17) is 4.74 Å². The lowest BCUT2D eigenvalue weighted by Crippen LogP contribution is -2.31. The van der Waals surface area contributed by atoms with Crippen molar-refractivity contribution in [2.45, 2.75) is 27.3 Å². The minimum absolute atomic E-state index is 0.230. The summed E-state index contributed by atoms with van der Waals surface area (Å²) in [6.45, 7) is 5.55. The summed E-state index contributed by atoms with van der Waals surface area (Å²) < 4.78 is 8.05. The van der Waals surface area contributed by atoms with Gasteiger partial charge in [-0.25, -0.2) is 9.36 Å². The lowest BCUT2D eigenvalue weighted by molar-refractivity contribution is -0.117. The number of benzene rings is 2. The average Bonchev–Trinajstić information content (AvgIpc) is 3.18. The molecule has 4 rings (SSSR count). The van der Waals surface area contributed by atoms with Gasteiger partial charge in [-0.15, -0.1) is 0 Å². The van der Waals surface area contributed by atoms with Gasteiger partial charge in [-0.3, -0.25) is 9.59 Å².